The molecule has 0 radical (unpaired) electrons. The van der Waals surface area contributed by atoms with Crippen LogP contribution in [-0.4, -0.2) is 17.8 Å². The fourth-order valence-electron chi connectivity index (χ4n) is 2.49. The van der Waals surface area contributed by atoms with Crippen LogP contribution in [-0.2, 0) is 0 Å². The van der Waals surface area contributed by atoms with E-state index < -0.39 is 4.92 Å². The Morgan fingerprint density at radius 3 is 2.48 bits per heavy atom. The summed E-state index contributed by atoms with van der Waals surface area (Å²) in [5.74, 6) is 0.830. The Bertz CT molecular complexity index is 909. The Hall–Kier alpha value is -3.15. The van der Waals surface area contributed by atoms with Gasteiger partial charge in [-0.1, -0.05) is 0 Å². The molecular formula is C17H13NO5. The van der Waals surface area contributed by atoms with Gasteiger partial charge in [0.25, 0.3) is 5.69 Å². The summed E-state index contributed by atoms with van der Waals surface area (Å²) in [5.41, 5.74) is 1.17. The lowest BCUT2D eigenvalue weighted by molar-refractivity contribution is -0.384. The molecule has 23 heavy (non-hydrogen) atoms. The van der Waals surface area contributed by atoms with Crippen LogP contribution >= 0.6 is 0 Å². The number of hydrogen-bond donors (Lipinski definition) is 0. The normalized spacial score (nSPS) is 10.7. The number of nitro groups is 1. The number of fused-ring (bicyclic) bond motifs is 1. The molecule has 0 saturated heterocycles. The number of nitro benzene ring substituents is 1. The van der Waals surface area contributed by atoms with E-state index in [1.807, 2.05) is 0 Å². The van der Waals surface area contributed by atoms with Gasteiger partial charge in [0.2, 0.25) is 0 Å². The third-order valence-corrected chi connectivity index (χ3v) is 3.64. The molecule has 0 aliphatic carbocycles. The van der Waals surface area contributed by atoms with Gasteiger partial charge in [-0.25, -0.2) is 0 Å². The first kappa shape index (κ1) is 14.8. The highest BCUT2D eigenvalue weighted by molar-refractivity contribution is 6.17. The predicted octanol–water partition coefficient (Wildman–Crippen LogP) is 3.89. The Labute approximate surface area is 131 Å². The number of non-ortho nitro benzene ring substituents is 1. The molecule has 6 heteroatoms. The fourth-order valence-corrected chi connectivity index (χ4v) is 2.49. The zero-order chi connectivity index (χ0) is 16.6. The maximum atomic E-state index is 12.8. The number of aryl methyl sites for hydroxylation is 1. The van der Waals surface area contributed by atoms with E-state index >= 15 is 0 Å². The molecule has 0 amide bonds. The molecule has 3 rings (SSSR count). The summed E-state index contributed by atoms with van der Waals surface area (Å²) >= 11 is 0. The number of ether oxygens (including phenoxy) is 1. The highest BCUT2D eigenvalue weighted by Gasteiger charge is 2.21. The highest BCUT2D eigenvalue weighted by atomic mass is 16.6. The minimum atomic E-state index is -0.497. The fraction of sp³-hybridized carbons (Fsp3) is 0.118. The molecule has 0 N–H and O–H groups in total. The van der Waals surface area contributed by atoms with Gasteiger partial charge >= 0.3 is 0 Å². The maximum Gasteiger partial charge on any atom is 0.270 e. The summed E-state index contributed by atoms with van der Waals surface area (Å²) in [7, 11) is 1.55. The third kappa shape index (κ3) is 2.55. The molecule has 0 aliphatic rings. The van der Waals surface area contributed by atoms with Crippen molar-refractivity contribution in [2.24, 2.45) is 0 Å². The van der Waals surface area contributed by atoms with Crippen LogP contribution in [0.15, 0.2) is 46.9 Å². The zero-order valence-corrected chi connectivity index (χ0v) is 12.5. The van der Waals surface area contributed by atoms with E-state index in [-0.39, 0.29) is 11.5 Å². The van der Waals surface area contributed by atoms with Crippen LogP contribution in [0.4, 0.5) is 5.69 Å². The van der Waals surface area contributed by atoms with Crippen molar-refractivity contribution in [3.05, 3.63) is 69.5 Å². The standard InChI is InChI=1S/C17H13NO5/c1-10-16(17(19)11-3-6-13(22-2)7-4-11)14-9-12(18(20)21)5-8-15(14)23-10/h3-9H,1-2H3. The zero-order valence-electron chi connectivity index (χ0n) is 12.5. The third-order valence-electron chi connectivity index (χ3n) is 3.64. The van der Waals surface area contributed by atoms with Crippen LogP contribution in [0.2, 0.25) is 0 Å². The van der Waals surface area contributed by atoms with Crippen molar-refractivity contribution in [2.45, 2.75) is 6.92 Å². The van der Waals surface area contributed by atoms with Gasteiger partial charge in [0, 0.05) is 23.1 Å². The van der Waals surface area contributed by atoms with Crippen molar-refractivity contribution >= 4 is 22.4 Å². The van der Waals surface area contributed by atoms with Crippen molar-refractivity contribution in [1.82, 2.24) is 0 Å². The van der Waals surface area contributed by atoms with Crippen molar-refractivity contribution in [3.63, 3.8) is 0 Å². The molecule has 2 aromatic carbocycles. The van der Waals surface area contributed by atoms with Gasteiger partial charge in [0.05, 0.1) is 17.6 Å². The number of benzene rings is 2. The number of nitrogens with zero attached hydrogens (tertiary/aromatic N) is 1. The number of hydrogen-bond acceptors (Lipinski definition) is 5. The minimum Gasteiger partial charge on any atom is -0.497 e. The van der Waals surface area contributed by atoms with Crippen molar-refractivity contribution in [3.8, 4) is 5.75 Å². The molecule has 1 aromatic heterocycles. The second kappa shape index (κ2) is 5.57. The lowest BCUT2D eigenvalue weighted by Crippen LogP contribution is -2.02. The molecule has 0 saturated carbocycles. The van der Waals surface area contributed by atoms with Gasteiger partial charge in [0.15, 0.2) is 5.78 Å². The van der Waals surface area contributed by atoms with E-state index in [1.165, 1.54) is 18.2 Å². The van der Waals surface area contributed by atoms with E-state index in [0.717, 1.165) is 0 Å². The molecule has 116 valence electrons. The van der Waals surface area contributed by atoms with Crippen LogP contribution < -0.4 is 4.74 Å². The lowest BCUT2D eigenvalue weighted by atomic mass is 10.00. The minimum absolute atomic E-state index is 0.0814. The van der Waals surface area contributed by atoms with Gasteiger partial charge in [0.1, 0.15) is 17.1 Å². The molecular weight excluding hydrogens is 298 g/mol. The van der Waals surface area contributed by atoms with Crippen molar-refractivity contribution in [2.75, 3.05) is 7.11 Å². The topological polar surface area (TPSA) is 82.6 Å². The first-order valence-electron chi connectivity index (χ1n) is 6.87. The van der Waals surface area contributed by atoms with E-state index in [2.05, 4.69) is 0 Å². The Balaban J connectivity index is 2.13. The number of carbonyl (C=O) groups is 1. The quantitative estimate of drug-likeness (QED) is 0.415. The van der Waals surface area contributed by atoms with E-state index in [1.54, 1.807) is 38.3 Å². The summed E-state index contributed by atoms with van der Waals surface area (Å²) in [6.07, 6.45) is 0. The number of carbonyl (C=O) groups excluding carboxylic acids is 1. The second-order valence-electron chi connectivity index (χ2n) is 5.03. The van der Waals surface area contributed by atoms with E-state index in [4.69, 9.17) is 9.15 Å². The largest absolute Gasteiger partial charge is 0.497 e. The molecule has 1 heterocycles. The molecule has 0 spiro atoms. The smallest absolute Gasteiger partial charge is 0.270 e. The monoisotopic (exact) mass is 311 g/mol. The summed E-state index contributed by atoms with van der Waals surface area (Å²) in [6, 6.07) is 10.9. The van der Waals surface area contributed by atoms with Crippen molar-refractivity contribution < 1.29 is 18.9 Å². The van der Waals surface area contributed by atoms with Gasteiger partial charge in [-0.05, 0) is 37.3 Å². The molecule has 3 aromatic rings. The average Bonchev–Trinajstić information content (AvgIpc) is 2.89. The lowest BCUT2D eigenvalue weighted by Gasteiger charge is -2.03. The summed E-state index contributed by atoms with van der Waals surface area (Å²) in [5, 5.41) is 11.4. The SMILES string of the molecule is COc1ccc(C(=O)c2c(C)oc3ccc([N+](=O)[O-])cc23)cc1. The molecule has 0 atom stereocenters. The predicted molar refractivity (Wildman–Crippen MR) is 84.0 cm³/mol. The summed E-state index contributed by atoms with van der Waals surface area (Å²) < 4.78 is 10.6. The molecule has 0 bridgehead atoms. The van der Waals surface area contributed by atoms with Gasteiger partial charge in [-0.15, -0.1) is 0 Å². The Morgan fingerprint density at radius 1 is 1.17 bits per heavy atom. The number of furan rings is 1. The molecule has 0 unspecified atom stereocenters. The molecule has 6 nitrogen and oxygen atoms in total. The molecule has 0 fully saturated rings. The van der Waals surface area contributed by atoms with Gasteiger partial charge in [-0.3, -0.25) is 14.9 Å². The van der Waals surface area contributed by atoms with Crippen LogP contribution in [0.5, 0.6) is 5.75 Å². The first-order chi connectivity index (χ1) is 11.0. The first-order valence-corrected chi connectivity index (χ1v) is 6.87. The van der Waals surface area contributed by atoms with Gasteiger partial charge in [-0.2, -0.15) is 0 Å². The molecule has 0 aliphatic heterocycles. The second-order valence-corrected chi connectivity index (χ2v) is 5.03. The van der Waals surface area contributed by atoms with Crippen LogP contribution in [0, 0.1) is 17.0 Å². The van der Waals surface area contributed by atoms with Crippen LogP contribution in [0.3, 0.4) is 0 Å². The summed E-state index contributed by atoms with van der Waals surface area (Å²) in [6.45, 7) is 1.67. The average molecular weight is 311 g/mol. The maximum absolute atomic E-state index is 12.8. The van der Waals surface area contributed by atoms with Crippen LogP contribution in [0.1, 0.15) is 21.7 Å². The van der Waals surface area contributed by atoms with Gasteiger partial charge < -0.3 is 9.15 Å². The number of rotatable bonds is 4. The van der Waals surface area contributed by atoms with Crippen LogP contribution in [0.25, 0.3) is 11.0 Å². The van der Waals surface area contributed by atoms with E-state index in [0.29, 0.717) is 33.6 Å². The Morgan fingerprint density at radius 2 is 1.87 bits per heavy atom. The number of ketones is 1. The summed E-state index contributed by atoms with van der Waals surface area (Å²) in [4.78, 5) is 23.2. The highest BCUT2D eigenvalue weighted by Crippen LogP contribution is 2.31. The number of methoxy groups -OCH3 is 1. The van der Waals surface area contributed by atoms with E-state index in [9.17, 15) is 14.9 Å². The van der Waals surface area contributed by atoms with Crippen molar-refractivity contribution in [1.29, 1.82) is 0 Å². The Kier molecular flexibility index (Phi) is 3.57.